The maximum atomic E-state index is 11.1. The molecule has 0 bridgehead atoms. The zero-order chi connectivity index (χ0) is 20.5. The molecular weight excluding hydrogens is 384 g/mol. The second-order valence-electron chi connectivity index (χ2n) is 8.17. The van der Waals surface area contributed by atoms with Crippen molar-refractivity contribution in [3.63, 3.8) is 0 Å². The molecule has 1 saturated heterocycles. The van der Waals surface area contributed by atoms with E-state index in [0.717, 1.165) is 46.5 Å². The lowest BCUT2D eigenvalue weighted by Gasteiger charge is -2.40. The number of hydrogen-bond acceptors (Lipinski definition) is 6. The zero-order valence-electron chi connectivity index (χ0n) is 17.6. The lowest BCUT2D eigenvalue weighted by Crippen LogP contribution is -2.41. The maximum Gasteiger partial charge on any atom is 0.230 e. The molecule has 1 fully saturated rings. The van der Waals surface area contributed by atoms with Crippen molar-refractivity contribution in [2.45, 2.75) is 46.6 Å². The van der Waals surface area contributed by atoms with Gasteiger partial charge in [-0.25, -0.2) is 4.98 Å². The van der Waals surface area contributed by atoms with Gasteiger partial charge >= 0.3 is 0 Å². The predicted molar refractivity (Wildman–Crippen MR) is 116 cm³/mol. The Hall–Kier alpha value is -2.12. The van der Waals surface area contributed by atoms with Crippen LogP contribution in [0.5, 0.6) is 11.6 Å². The Morgan fingerprint density at radius 3 is 2.45 bits per heavy atom. The van der Waals surface area contributed by atoms with Crippen LogP contribution in [0.2, 0.25) is 0 Å². The molecule has 1 aromatic carbocycles. The second-order valence-corrected chi connectivity index (χ2v) is 9.18. The Balaban J connectivity index is 1.77. The van der Waals surface area contributed by atoms with Crippen molar-refractivity contribution in [2.24, 2.45) is 11.8 Å². The Bertz CT molecular complexity index is 955. The highest BCUT2D eigenvalue weighted by Crippen LogP contribution is 2.42. The Morgan fingerprint density at radius 1 is 1.17 bits per heavy atom. The Labute approximate surface area is 176 Å². The number of rotatable bonds is 6. The third-order valence-corrected chi connectivity index (χ3v) is 6.65. The number of likely N-dealkylation sites (tertiary alicyclic amines) is 1. The third kappa shape index (κ3) is 3.98. The van der Waals surface area contributed by atoms with Crippen molar-refractivity contribution in [3.8, 4) is 11.6 Å². The minimum Gasteiger partial charge on any atom is -0.494 e. The predicted octanol–water partition coefficient (Wildman–Crippen LogP) is 4.52. The average Bonchev–Trinajstić information content (AvgIpc) is 3.22. The van der Waals surface area contributed by atoms with Gasteiger partial charge in [0.15, 0.2) is 5.82 Å². The van der Waals surface area contributed by atoms with Crippen LogP contribution in [0.25, 0.3) is 4.96 Å². The molecule has 3 atom stereocenters. The number of thiazole rings is 1. The summed E-state index contributed by atoms with van der Waals surface area (Å²) in [6.45, 7) is 11.3. The van der Waals surface area contributed by atoms with Gasteiger partial charge in [0.05, 0.1) is 17.5 Å². The van der Waals surface area contributed by atoms with Crippen LogP contribution in [-0.4, -0.2) is 44.3 Å². The first-order chi connectivity index (χ1) is 14.0. The molecule has 6 nitrogen and oxygen atoms in total. The van der Waals surface area contributed by atoms with Gasteiger partial charge in [-0.05, 0) is 42.9 Å². The highest BCUT2D eigenvalue weighted by Gasteiger charge is 2.33. The molecular formula is C22H30N4O2S. The fourth-order valence-corrected chi connectivity index (χ4v) is 5.62. The molecule has 3 heterocycles. The van der Waals surface area contributed by atoms with Gasteiger partial charge < -0.3 is 9.84 Å². The summed E-state index contributed by atoms with van der Waals surface area (Å²) < 4.78 is 7.22. The molecule has 4 rings (SSSR count). The highest BCUT2D eigenvalue weighted by molar-refractivity contribution is 7.17. The molecule has 2 aromatic heterocycles. The van der Waals surface area contributed by atoms with Crippen LogP contribution >= 0.6 is 11.3 Å². The third-order valence-electron chi connectivity index (χ3n) is 5.58. The summed E-state index contributed by atoms with van der Waals surface area (Å²) in [6, 6.07) is 8.26. The number of aromatic nitrogens is 3. The standard InChI is InChI=1S/C22H30N4O2S/c1-5-18-23-22-26(24-18)21(27)20(29-22)19(25-12-14(3)11-15(4)13-25)16-7-9-17(10-8-16)28-6-2/h7-10,14-15,19,27H,5-6,11-13H2,1-4H3/t14-,15-,19-/m0/s1. The molecule has 7 heteroatoms. The van der Waals surface area contributed by atoms with Gasteiger partial charge in [0, 0.05) is 19.5 Å². The van der Waals surface area contributed by atoms with E-state index in [4.69, 9.17) is 4.74 Å². The molecule has 1 aliphatic rings. The van der Waals surface area contributed by atoms with Gasteiger partial charge in [0.25, 0.3) is 0 Å². The summed E-state index contributed by atoms with van der Waals surface area (Å²) in [5.74, 6) is 3.09. The van der Waals surface area contributed by atoms with Crippen LogP contribution in [0.1, 0.15) is 56.4 Å². The van der Waals surface area contributed by atoms with Crippen LogP contribution in [0.15, 0.2) is 24.3 Å². The quantitative estimate of drug-likeness (QED) is 0.642. The molecule has 29 heavy (non-hydrogen) atoms. The Kier molecular flexibility index (Phi) is 5.79. The number of piperidine rings is 1. The van der Waals surface area contributed by atoms with E-state index in [1.165, 1.54) is 6.42 Å². The molecule has 0 amide bonds. The average molecular weight is 415 g/mol. The van der Waals surface area contributed by atoms with E-state index < -0.39 is 0 Å². The first-order valence-electron chi connectivity index (χ1n) is 10.5. The van der Waals surface area contributed by atoms with Crippen LogP contribution in [0, 0.1) is 11.8 Å². The fraction of sp³-hybridized carbons (Fsp3) is 0.545. The molecule has 0 radical (unpaired) electrons. The molecule has 156 valence electrons. The van der Waals surface area contributed by atoms with Crippen molar-refractivity contribution >= 4 is 16.3 Å². The van der Waals surface area contributed by atoms with Crippen LogP contribution in [0.3, 0.4) is 0 Å². The van der Waals surface area contributed by atoms with E-state index in [9.17, 15) is 5.11 Å². The van der Waals surface area contributed by atoms with Crippen LogP contribution in [-0.2, 0) is 6.42 Å². The van der Waals surface area contributed by atoms with Gasteiger partial charge in [-0.15, -0.1) is 5.10 Å². The number of aromatic hydroxyl groups is 1. The summed E-state index contributed by atoms with van der Waals surface area (Å²) in [5, 5.41) is 15.5. The number of aryl methyl sites for hydroxylation is 1. The monoisotopic (exact) mass is 414 g/mol. The van der Waals surface area contributed by atoms with Crippen molar-refractivity contribution in [1.82, 2.24) is 19.5 Å². The van der Waals surface area contributed by atoms with E-state index in [-0.39, 0.29) is 11.9 Å². The van der Waals surface area contributed by atoms with Gasteiger partial charge in [0.1, 0.15) is 5.75 Å². The smallest absolute Gasteiger partial charge is 0.230 e. The summed E-state index contributed by atoms with van der Waals surface area (Å²) in [4.78, 5) is 8.74. The normalized spacial score (nSPS) is 21.5. The molecule has 3 aromatic rings. The molecule has 0 aliphatic carbocycles. The fourth-order valence-electron chi connectivity index (χ4n) is 4.48. The summed E-state index contributed by atoms with van der Waals surface area (Å²) in [5.41, 5.74) is 1.16. The SMILES string of the molecule is CCOc1ccc([C@@H](c2sc3nc(CC)nn3c2O)N2C[C@@H](C)C[C@H](C)C2)cc1. The van der Waals surface area contributed by atoms with E-state index in [2.05, 4.69) is 41.0 Å². The Morgan fingerprint density at radius 2 is 1.86 bits per heavy atom. The van der Waals surface area contributed by atoms with Gasteiger partial charge in [-0.1, -0.05) is 44.2 Å². The van der Waals surface area contributed by atoms with Gasteiger partial charge in [-0.2, -0.15) is 4.52 Å². The summed E-state index contributed by atoms with van der Waals surface area (Å²) in [7, 11) is 0. The van der Waals surface area contributed by atoms with Crippen molar-refractivity contribution in [2.75, 3.05) is 19.7 Å². The molecule has 1 aliphatic heterocycles. The molecule has 1 N–H and O–H groups in total. The van der Waals surface area contributed by atoms with Crippen molar-refractivity contribution in [1.29, 1.82) is 0 Å². The molecule has 0 spiro atoms. The molecule has 0 unspecified atom stereocenters. The van der Waals surface area contributed by atoms with Crippen molar-refractivity contribution < 1.29 is 9.84 Å². The van der Waals surface area contributed by atoms with E-state index in [1.54, 1.807) is 15.9 Å². The highest BCUT2D eigenvalue weighted by atomic mass is 32.1. The number of ether oxygens (including phenoxy) is 1. The topological polar surface area (TPSA) is 62.9 Å². The van der Waals surface area contributed by atoms with E-state index in [0.29, 0.717) is 18.4 Å². The van der Waals surface area contributed by atoms with Crippen molar-refractivity contribution in [3.05, 3.63) is 40.5 Å². The first kappa shape index (κ1) is 20.2. The van der Waals surface area contributed by atoms with Crippen LogP contribution in [0.4, 0.5) is 0 Å². The number of hydrogen-bond donors (Lipinski definition) is 1. The lowest BCUT2D eigenvalue weighted by atomic mass is 9.89. The minimum absolute atomic E-state index is 0.0190. The maximum absolute atomic E-state index is 11.1. The number of benzene rings is 1. The minimum atomic E-state index is -0.0190. The van der Waals surface area contributed by atoms with E-state index in [1.807, 2.05) is 26.0 Å². The largest absolute Gasteiger partial charge is 0.494 e. The second kappa shape index (κ2) is 8.32. The zero-order valence-corrected chi connectivity index (χ0v) is 18.4. The number of fused-ring (bicyclic) bond motifs is 1. The summed E-state index contributed by atoms with van der Waals surface area (Å²) >= 11 is 1.54. The number of nitrogens with zero attached hydrogens (tertiary/aromatic N) is 4. The lowest BCUT2D eigenvalue weighted by molar-refractivity contribution is 0.112. The van der Waals surface area contributed by atoms with Crippen LogP contribution < -0.4 is 4.74 Å². The van der Waals surface area contributed by atoms with Gasteiger partial charge in [-0.3, -0.25) is 4.90 Å². The van der Waals surface area contributed by atoms with E-state index >= 15 is 0 Å². The van der Waals surface area contributed by atoms with Gasteiger partial charge in [0.2, 0.25) is 10.8 Å². The first-order valence-corrected chi connectivity index (χ1v) is 11.4. The molecule has 0 saturated carbocycles. The summed E-state index contributed by atoms with van der Waals surface area (Å²) in [6.07, 6.45) is 2.00.